The Labute approximate surface area is 197 Å². The minimum absolute atomic E-state index is 0.0415. The van der Waals surface area contributed by atoms with Gasteiger partial charge in [0.25, 0.3) is 11.8 Å². The lowest BCUT2D eigenvalue weighted by Crippen LogP contribution is -2.32. The number of thioether (sulfide) groups is 1. The summed E-state index contributed by atoms with van der Waals surface area (Å²) in [5.74, 6) is 0.676. The second-order valence-electron chi connectivity index (χ2n) is 6.39. The van der Waals surface area contributed by atoms with Crippen molar-refractivity contribution in [3.05, 3.63) is 0 Å². The van der Waals surface area contributed by atoms with E-state index in [4.69, 9.17) is 0 Å². The van der Waals surface area contributed by atoms with Gasteiger partial charge in [-0.15, -0.1) is 5.06 Å². The Morgan fingerprint density at radius 3 is 2.10 bits per heavy atom. The van der Waals surface area contributed by atoms with Crippen LogP contribution in [0.15, 0.2) is 0 Å². The van der Waals surface area contributed by atoms with Gasteiger partial charge in [0.05, 0.1) is 6.42 Å². The maximum Gasteiger partial charge on any atom is 0.334 e. The smallest absolute Gasteiger partial charge is 0.334 e. The Balaban J connectivity index is 0.00000131. The molecule has 0 bridgehead atoms. The predicted octanol–water partition coefficient (Wildman–Crippen LogP) is 3.74. The molecule has 1 aliphatic heterocycles. The molecule has 3 amide bonds. The summed E-state index contributed by atoms with van der Waals surface area (Å²) in [6.45, 7) is 7.04. The van der Waals surface area contributed by atoms with Crippen LogP contribution in [0.5, 0.6) is 0 Å². The zero-order valence-electron chi connectivity index (χ0n) is 18.6. The standard InChI is InChI=1S/C16H24N2O6S.C4H10S2/c1-2-3-4-10-17-12(19)5-8-16(23)25-11-9-15(22)24-18-13(20)6-7-14(18)21;1-3-5-6-4-2/h2-11H2,1H3,(H,17,19);3-4H2,1-2H3. The zero-order valence-corrected chi connectivity index (χ0v) is 21.1. The third-order valence-electron chi connectivity index (χ3n) is 3.75. The molecule has 8 nitrogen and oxygen atoms in total. The molecule has 1 rings (SSSR count). The fourth-order valence-electron chi connectivity index (χ4n) is 2.20. The maximum absolute atomic E-state index is 11.7. The topological polar surface area (TPSA) is 110 Å². The van der Waals surface area contributed by atoms with Crippen molar-refractivity contribution in [1.29, 1.82) is 0 Å². The second-order valence-corrected chi connectivity index (χ2v) is 10.6. The number of unbranched alkanes of at least 4 members (excludes halogenated alkanes) is 2. The summed E-state index contributed by atoms with van der Waals surface area (Å²) in [6, 6.07) is 0. The molecule has 1 saturated heterocycles. The number of hydroxylamine groups is 2. The van der Waals surface area contributed by atoms with Crippen LogP contribution in [0.3, 0.4) is 0 Å². The van der Waals surface area contributed by atoms with Crippen molar-refractivity contribution in [1.82, 2.24) is 10.4 Å². The Morgan fingerprint density at radius 1 is 0.935 bits per heavy atom. The maximum atomic E-state index is 11.7. The minimum Gasteiger partial charge on any atom is -0.356 e. The number of imide groups is 1. The highest BCUT2D eigenvalue weighted by atomic mass is 33.1. The Kier molecular flexibility index (Phi) is 18.7. The van der Waals surface area contributed by atoms with Crippen LogP contribution in [0.4, 0.5) is 0 Å². The first-order chi connectivity index (χ1) is 14.8. The lowest BCUT2D eigenvalue weighted by molar-refractivity contribution is -0.197. The van der Waals surface area contributed by atoms with Gasteiger partial charge in [0, 0.05) is 49.5 Å². The molecule has 0 atom stereocenters. The van der Waals surface area contributed by atoms with Crippen molar-refractivity contribution in [3.63, 3.8) is 0 Å². The molecule has 1 heterocycles. The SMILES string of the molecule is CCCCCNC(=O)CCC(=O)SCCC(=O)ON1C(=O)CCC1=O.CCSSCC. The van der Waals surface area contributed by atoms with E-state index in [1.807, 2.05) is 21.6 Å². The van der Waals surface area contributed by atoms with Gasteiger partial charge in [-0.1, -0.05) is 67.0 Å². The molecule has 1 N–H and O–H groups in total. The van der Waals surface area contributed by atoms with Gasteiger partial charge < -0.3 is 10.2 Å². The lowest BCUT2D eigenvalue weighted by Gasteiger charge is -2.12. The van der Waals surface area contributed by atoms with Crippen LogP contribution in [-0.2, 0) is 28.8 Å². The lowest BCUT2D eigenvalue weighted by atomic mass is 10.2. The Morgan fingerprint density at radius 2 is 1.55 bits per heavy atom. The molecule has 1 aliphatic rings. The van der Waals surface area contributed by atoms with E-state index in [0.717, 1.165) is 31.0 Å². The number of amides is 3. The van der Waals surface area contributed by atoms with Gasteiger partial charge in [0.15, 0.2) is 5.12 Å². The molecule has 1 fully saturated rings. The van der Waals surface area contributed by atoms with Gasteiger partial charge in [-0.05, 0) is 6.42 Å². The average Bonchev–Trinajstić information content (AvgIpc) is 3.06. The molecule has 0 aromatic carbocycles. The molecule has 31 heavy (non-hydrogen) atoms. The van der Waals surface area contributed by atoms with Gasteiger partial charge >= 0.3 is 5.97 Å². The Bertz CT molecular complexity index is 569. The molecule has 178 valence electrons. The van der Waals surface area contributed by atoms with Gasteiger partial charge in [0.1, 0.15) is 0 Å². The van der Waals surface area contributed by atoms with Crippen molar-refractivity contribution in [2.24, 2.45) is 0 Å². The quantitative estimate of drug-likeness (QED) is 0.219. The molecule has 0 aromatic rings. The van der Waals surface area contributed by atoms with Crippen molar-refractivity contribution < 1.29 is 28.8 Å². The molecular weight excluding hydrogens is 460 g/mol. The van der Waals surface area contributed by atoms with Crippen molar-refractivity contribution in [2.75, 3.05) is 23.8 Å². The van der Waals surface area contributed by atoms with Crippen LogP contribution in [0.2, 0.25) is 0 Å². The molecule has 0 saturated carbocycles. The predicted molar refractivity (Wildman–Crippen MR) is 127 cm³/mol. The van der Waals surface area contributed by atoms with E-state index in [1.165, 1.54) is 11.5 Å². The van der Waals surface area contributed by atoms with E-state index in [2.05, 4.69) is 30.9 Å². The van der Waals surface area contributed by atoms with Crippen LogP contribution in [0.1, 0.15) is 72.1 Å². The van der Waals surface area contributed by atoms with E-state index in [-0.39, 0.29) is 48.9 Å². The van der Waals surface area contributed by atoms with Crippen molar-refractivity contribution in [3.8, 4) is 0 Å². The van der Waals surface area contributed by atoms with Crippen LogP contribution in [0, 0.1) is 0 Å². The normalized spacial score (nSPS) is 12.9. The van der Waals surface area contributed by atoms with Gasteiger partial charge in [0.2, 0.25) is 5.91 Å². The highest BCUT2D eigenvalue weighted by molar-refractivity contribution is 8.76. The van der Waals surface area contributed by atoms with E-state index in [9.17, 15) is 24.0 Å². The highest BCUT2D eigenvalue weighted by Crippen LogP contribution is 2.18. The van der Waals surface area contributed by atoms with Gasteiger partial charge in [-0.3, -0.25) is 19.2 Å². The summed E-state index contributed by atoms with van der Waals surface area (Å²) in [6.07, 6.45) is 3.26. The first-order valence-corrected chi connectivity index (χ1v) is 14.1. The summed E-state index contributed by atoms with van der Waals surface area (Å²) in [5.41, 5.74) is 0. The molecule has 0 aliphatic carbocycles. The fraction of sp³-hybridized carbons (Fsp3) is 0.750. The zero-order chi connectivity index (χ0) is 23.5. The summed E-state index contributed by atoms with van der Waals surface area (Å²) < 4.78 is 0. The van der Waals surface area contributed by atoms with Gasteiger partial charge in [-0.2, -0.15) is 0 Å². The van der Waals surface area contributed by atoms with Crippen LogP contribution in [0.25, 0.3) is 0 Å². The van der Waals surface area contributed by atoms with E-state index < -0.39 is 17.8 Å². The number of nitrogens with one attached hydrogen (secondary N) is 1. The second kappa shape index (κ2) is 19.5. The number of nitrogens with zero attached hydrogens (tertiary/aromatic N) is 1. The number of hydrogen-bond acceptors (Lipinski definition) is 9. The summed E-state index contributed by atoms with van der Waals surface area (Å²) in [4.78, 5) is 62.0. The molecule has 0 radical (unpaired) electrons. The van der Waals surface area contributed by atoms with Crippen molar-refractivity contribution in [2.45, 2.75) is 72.1 Å². The summed E-state index contributed by atoms with van der Waals surface area (Å²) >= 11 is 0.930. The minimum atomic E-state index is -0.738. The monoisotopic (exact) mass is 494 g/mol. The van der Waals surface area contributed by atoms with E-state index in [1.54, 1.807) is 0 Å². The Hall–Kier alpha value is -1.20. The third kappa shape index (κ3) is 16.1. The van der Waals surface area contributed by atoms with Crippen LogP contribution >= 0.6 is 33.3 Å². The molecule has 0 aromatic heterocycles. The largest absolute Gasteiger partial charge is 0.356 e. The molecule has 0 unspecified atom stereocenters. The van der Waals surface area contributed by atoms with Gasteiger partial charge in [-0.25, -0.2) is 4.79 Å². The van der Waals surface area contributed by atoms with E-state index in [0.29, 0.717) is 11.6 Å². The van der Waals surface area contributed by atoms with E-state index >= 15 is 0 Å². The first kappa shape index (κ1) is 29.8. The number of carbonyl (C=O) groups is 5. The van der Waals surface area contributed by atoms with Crippen LogP contribution < -0.4 is 5.32 Å². The average molecular weight is 495 g/mol. The van der Waals surface area contributed by atoms with Crippen LogP contribution in [-0.4, -0.2) is 57.7 Å². The third-order valence-corrected chi connectivity index (χ3v) is 7.23. The molecule has 0 spiro atoms. The number of carbonyl (C=O) groups excluding carboxylic acids is 5. The fourth-order valence-corrected chi connectivity index (χ4v) is 4.28. The van der Waals surface area contributed by atoms with Crippen molar-refractivity contribution >= 4 is 62.2 Å². The first-order valence-electron chi connectivity index (χ1n) is 10.6. The molecular formula is C20H34N2O6S3. The molecule has 11 heteroatoms. The summed E-state index contributed by atoms with van der Waals surface area (Å²) in [7, 11) is 3.85. The summed E-state index contributed by atoms with van der Waals surface area (Å²) in [5, 5.41) is 3.05. The highest BCUT2D eigenvalue weighted by Gasteiger charge is 2.32. The number of hydrogen-bond donors (Lipinski definition) is 1. The number of rotatable bonds is 14.